The molecule has 140 valence electrons. The standard InChI is InChI=1S/C18H24N4O3S/c1-11(23)18-21-15-9-20-17-14(7-8-19-17)16(15)22(18)13-5-3-12(4-6-13)10-26(2,24)25/h7-9,11-13,23H,3-6,10H2,1-2H3,(H,19,20)/t11-,12?,13?/m1/s1. The predicted molar refractivity (Wildman–Crippen MR) is 101 cm³/mol. The maximum atomic E-state index is 11.6. The molecule has 0 spiro atoms. The Morgan fingerprint density at radius 2 is 2.08 bits per heavy atom. The van der Waals surface area contributed by atoms with Gasteiger partial charge in [-0.05, 0) is 44.6 Å². The number of nitrogens with zero attached hydrogens (tertiary/aromatic N) is 3. The van der Waals surface area contributed by atoms with E-state index in [4.69, 9.17) is 0 Å². The molecule has 1 aliphatic carbocycles. The number of aromatic nitrogens is 4. The maximum Gasteiger partial charge on any atom is 0.147 e. The molecule has 1 saturated carbocycles. The molecule has 1 fully saturated rings. The first-order chi connectivity index (χ1) is 12.3. The molecule has 0 amide bonds. The third kappa shape index (κ3) is 3.12. The van der Waals surface area contributed by atoms with Crippen LogP contribution in [0.2, 0.25) is 0 Å². The van der Waals surface area contributed by atoms with Crippen LogP contribution < -0.4 is 0 Å². The lowest BCUT2D eigenvalue weighted by atomic mass is 9.87. The number of hydrogen-bond acceptors (Lipinski definition) is 5. The normalized spacial score (nSPS) is 22.9. The highest BCUT2D eigenvalue weighted by atomic mass is 32.2. The third-order valence-corrected chi connectivity index (χ3v) is 6.43. The van der Waals surface area contributed by atoms with E-state index in [0.717, 1.165) is 47.8 Å². The number of hydrogen-bond donors (Lipinski definition) is 2. The summed E-state index contributed by atoms with van der Waals surface area (Å²) in [5, 5.41) is 11.3. The molecule has 1 atom stereocenters. The highest BCUT2D eigenvalue weighted by molar-refractivity contribution is 7.90. The average molecular weight is 376 g/mol. The summed E-state index contributed by atoms with van der Waals surface area (Å²) in [7, 11) is -2.94. The molecule has 0 saturated heterocycles. The first-order valence-corrected chi connectivity index (χ1v) is 11.1. The first-order valence-electron chi connectivity index (χ1n) is 9.03. The van der Waals surface area contributed by atoms with Crippen LogP contribution in [0, 0.1) is 5.92 Å². The molecule has 0 bridgehead atoms. The fourth-order valence-electron chi connectivity index (χ4n) is 4.27. The van der Waals surface area contributed by atoms with Crippen LogP contribution in [0.4, 0.5) is 0 Å². The molecular formula is C18H24N4O3S. The number of aliphatic hydroxyl groups is 1. The largest absolute Gasteiger partial charge is 0.385 e. The average Bonchev–Trinajstić information content (AvgIpc) is 3.17. The van der Waals surface area contributed by atoms with Crippen molar-refractivity contribution in [3.8, 4) is 0 Å². The lowest BCUT2D eigenvalue weighted by Crippen LogP contribution is -2.24. The summed E-state index contributed by atoms with van der Waals surface area (Å²) in [6.07, 6.45) is 7.76. The van der Waals surface area contributed by atoms with Gasteiger partial charge < -0.3 is 14.7 Å². The number of sulfone groups is 1. The zero-order valence-corrected chi connectivity index (χ0v) is 15.8. The molecule has 2 N–H and O–H groups in total. The van der Waals surface area contributed by atoms with Gasteiger partial charge in [0.15, 0.2) is 0 Å². The third-order valence-electron chi connectivity index (χ3n) is 5.36. The second-order valence-electron chi connectivity index (χ2n) is 7.51. The molecule has 26 heavy (non-hydrogen) atoms. The second-order valence-corrected chi connectivity index (χ2v) is 9.70. The van der Waals surface area contributed by atoms with E-state index in [1.54, 1.807) is 13.1 Å². The smallest absolute Gasteiger partial charge is 0.147 e. The summed E-state index contributed by atoms with van der Waals surface area (Å²) >= 11 is 0. The van der Waals surface area contributed by atoms with Crippen molar-refractivity contribution in [1.82, 2.24) is 19.5 Å². The molecule has 8 heteroatoms. The van der Waals surface area contributed by atoms with Gasteiger partial charge >= 0.3 is 0 Å². The van der Waals surface area contributed by atoms with E-state index in [1.165, 1.54) is 6.26 Å². The Hall–Kier alpha value is -1.93. The lowest BCUT2D eigenvalue weighted by molar-refractivity contribution is 0.176. The molecule has 3 aromatic heterocycles. The minimum absolute atomic E-state index is 0.209. The minimum atomic E-state index is -2.94. The zero-order chi connectivity index (χ0) is 18.5. The van der Waals surface area contributed by atoms with Gasteiger partial charge in [0.25, 0.3) is 0 Å². The molecule has 4 rings (SSSR count). The molecule has 7 nitrogen and oxygen atoms in total. The lowest BCUT2D eigenvalue weighted by Gasteiger charge is -2.31. The molecule has 3 heterocycles. The fraction of sp³-hybridized carbons (Fsp3) is 0.556. The Bertz CT molecular complexity index is 1040. The van der Waals surface area contributed by atoms with Crippen molar-refractivity contribution >= 4 is 31.9 Å². The van der Waals surface area contributed by atoms with E-state index in [9.17, 15) is 13.5 Å². The van der Waals surface area contributed by atoms with Gasteiger partial charge in [0, 0.05) is 23.9 Å². The highest BCUT2D eigenvalue weighted by Crippen LogP contribution is 2.38. The summed E-state index contributed by atoms with van der Waals surface area (Å²) in [6.45, 7) is 1.73. The summed E-state index contributed by atoms with van der Waals surface area (Å²) in [5.41, 5.74) is 2.59. The van der Waals surface area contributed by atoms with Gasteiger partial charge in [0.05, 0.1) is 17.5 Å². The number of nitrogens with one attached hydrogen (secondary N) is 1. The number of H-pyrrole nitrogens is 1. The van der Waals surface area contributed by atoms with Crippen molar-refractivity contribution < 1.29 is 13.5 Å². The number of pyridine rings is 1. The van der Waals surface area contributed by atoms with Gasteiger partial charge in [0.2, 0.25) is 0 Å². The van der Waals surface area contributed by atoms with Gasteiger partial charge in [-0.1, -0.05) is 0 Å². The highest BCUT2D eigenvalue weighted by Gasteiger charge is 2.29. The molecule has 0 radical (unpaired) electrons. The van der Waals surface area contributed by atoms with Crippen molar-refractivity contribution in [2.24, 2.45) is 5.92 Å². The Morgan fingerprint density at radius 3 is 2.73 bits per heavy atom. The van der Waals surface area contributed by atoms with E-state index in [-0.39, 0.29) is 17.7 Å². The van der Waals surface area contributed by atoms with Crippen molar-refractivity contribution in [2.45, 2.75) is 44.8 Å². The maximum absolute atomic E-state index is 11.6. The van der Waals surface area contributed by atoms with Crippen LogP contribution in [-0.4, -0.2) is 45.1 Å². The van der Waals surface area contributed by atoms with Gasteiger partial charge in [0.1, 0.15) is 32.9 Å². The summed E-state index contributed by atoms with van der Waals surface area (Å²) in [5.74, 6) is 1.14. The minimum Gasteiger partial charge on any atom is -0.385 e. The summed E-state index contributed by atoms with van der Waals surface area (Å²) < 4.78 is 25.3. The number of aliphatic hydroxyl groups excluding tert-OH is 1. The first kappa shape index (κ1) is 17.5. The molecule has 3 aromatic rings. The van der Waals surface area contributed by atoms with Crippen LogP contribution in [0.3, 0.4) is 0 Å². The quantitative estimate of drug-likeness (QED) is 0.729. The van der Waals surface area contributed by atoms with Gasteiger partial charge in [-0.3, -0.25) is 0 Å². The Balaban J connectivity index is 1.74. The van der Waals surface area contributed by atoms with E-state index in [0.29, 0.717) is 5.82 Å². The van der Waals surface area contributed by atoms with Crippen molar-refractivity contribution in [1.29, 1.82) is 0 Å². The number of imidazole rings is 1. The van der Waals surface area contributed by atoms with E-state index in [1.807, 2.05) is 12.3 Å². The molecule has 1 aliphatic rings. The van der Waals surface area contributed by atoms with Crippen molar-refractivity contribution in [2.75, 3.05) is 12.0 Å². The second kappa shape index (κ2) is 6.35. The summed E-state index contributed by atoms with van der Waals surface area (Å²) in [6, 6.07) is 2.20. The van der Waals surface area contributed by atoms with Gasteiger partial charge in [-0.25, -0.2) is 18.4 Å². The van der Waals surface area contributed by atoms with Gasteiger partial charge in [-0.2, -0.15) is 0 Å². The summed E-state index contributed by atoms with van der Waals surface area (Å²) in [4.78, 5) is 12.2. The van der Waals surface area contributed by atoms with Crippen LogP contribution in [0.15, 0.2) is 18.5 Å². The number of aromatic amines is 1. The zero-order valence-electron chi connectivity index (χ0n) is 15.0. The Labute approximate surface area is 152 Å². The number of rotatable bonds is 4. The van der Waals surface area contributed by atoms with Crippen LogP contribution in [0.5, 0.6) is 0 Å². The Morgan fingerprint density at radius 1 is 1.35 bits per heavy atom. The van der Waals surface area contributed by atoms with Crippen LogP contribution >= 0.6 is 0 Å². The van der Waals surface area contributed by atoms with Crippen molar-refractivity contribution in [3.05, 3.63) is 24.3 Å². The number of fused-ring (bicyclic) bond motifs is 3. The molecule has 0 aliphatic heterocycles. The van der Waals surface area contributed by atoms with E-state index < -0.39 is 15.9 Å². The fourth-order valence-corrected chi connectivity index (χ4v) is 5.46. The van der Waals surface area contributed by atoms with Gasteiger partial charge in [-0.15, -0.1) is 0 Å². The van der Waals surface area contributed by atoms with Crippen molar-refractivity contribution in [3.63, 3.8) is 0 Å². The topological polar surface area (TPSA) is 101 Å². The monoisotopic (exact) mass is 376 g/mol. The van der Waals surface area contributed by atoms with Crippen LogP contribution in [-0.2, 0) is 9.84 Å². The molecule has 0 unspecified atom stereocenters. The SMILES string of the molecule is C[C@@H](O)c1nc2cnc3[nH]ccc3c2n1C1CCC(CS(C)(=O)=O)CC1. The van der Waals surface area contributed by atoms with Crippen LogP contribution in [0.1, 0.15) is 50.6 Å². The molecule has 0 aromatic carbocycles. The van der Waals surface area contributed by atoms with Crippen LogP contribution in [0.25, 0.3) is 22.1 Å². The predicted octanol–water partition coefficient (Wildman–Crippen LogP) is 2.74. The Kier molecular flexibility index (Phi) is 4.27. The molecular weight excluding hydrogens is 352 g/mol. The van der Waals surface area contributed by atoms with E-state index >= 15 is 0 Å². The van der Waals surface area contributed by atoms with E-state index in [2.05, 4.69) is 19.5 Å².